The van der Waals surface area contributed by atoms with Crippen LogP contribution in [0.25, 0.3) is 10.9 Å². The number of fused-ring (bicyclic) bond motifs is 1. The van der Waals surface area contributed by atoms with Crippen LogP contribution in [-0.4, -0.2) is 48.3 Å². The summed E-state index contributed by atoms with van der Waals surface area (Å²) < 4.78 is 1.05. The molecule has 0 bridgehead atoms. The zero-order chi connectivity index (χ0) is 14.5. The highest BCUT2D eigenvalue weighted by Crippen LogP contribution is 2.24. The lowest BCUT2D eigenvalue weighted by atomic mass is 10.1. The molecule has 0 radical (unpaired) electrons. The predicted molar refractivity (Wildman–Crippen MR) is 85.7 cm³/mol. The number of pyridine rings is 1. The molecular weight excluding hydrogens is 318 g/mol. The van der Waals surface area contributed by atoms with Crippen molar-refractivity contribution in [1.29, 1.82) is 0 Å². The number of hydrogen-bond acceptors (Lipinski definition) is 4. The van der Waals surface area contributed by atoms with Crippen LogP contribution in [0.4, 0.5) is 0 Å². The number of aromatic nitrogens is 1. The van der Waals surface area contributed by atoms with Gasteiger partial charge in [-0.25, -0.2) is 0 Å². The second-order valence-electron chi connectivity index (χ2n) is 5.15. The average Bonchev–Trinajstić information content (AvgIpc) is 2.41. The van der Waals surface area contributed by atoms with Gasteiger partial charge >= 0.3 is 0 Å². The van der Waals surface area contributed by atoms with Gasteiger partial charge in [0.2, 0.25) is 0 Å². The zero-order valence-electron chi connectivity index (χ0n) is 11.8. The molecule has 108 valence electrons. The van der Waals surface area contributed by atoms with Gasteiger partial charge in [-0.05, 0) is 31.8 Å². The quantitative estimate of drug-likeness (QED) is 0.846. The van der Waals surface area contributed by atoms with E-state index in [1.54, 1.807) is 6.20 Å². The topological polar surface area (TPSA) is 48.4 Å². The smallest absolute Gasteiger partial charge is 0.0791 e. The Bertz CT molecular complexity index is 574. The number of hydrogen-bond donors (Lipinski definition) is 2. The van der Waals surface area contributed by atoms with Gasteiger partial charge in [0, 0.05) is 35.7 Å². The summed E-state index contributed by atoms with van der Waals surface area (Å²) in [6.07, 6.45) is 1.44. The molecule has 0 fully saturated rings. The molecule has 1 aromatic heterocycles. The standard InChI is InChI=1S/C15H20BrN3O/c1-19(2)10-12(20)9-17-8-11-5-6-14(16)13-4-3-7-18-15(11)13/h3-7,12,17,20H,8-10H2,1-2H3. The van der Waals surface area contributed by atoms with Crippen LogP contribution < -0.4 is 5.32 Å². The lowest BCUT2D eigenvalue weighted by molar-refractivity contribution is 0.134. The number of likely N-dealkylation sites (N-methyl/N-ethyl adjacent to an activating group) is 1. The van der Waals surface area contributed by atoms with Crippen LogP contribution in [0.3, 0.4) is 0 Å². The summed E-state index contributed by atoms with van der Waals surface area (Å²) in [6, 6.07) is 8.09. The third-order valence-corrected chi connectivity index (χ3v) is 3.76. The summed E-state index contributed by atoms with van der Waals surface area (Å²) in [6.45, 7) is 1.93. The highest BCUT2D eigenvalue weighted by Gasteiger charge is 2.07. The molecule has 20 heavy (non-hydrogen) atoms. The summed E-state index contributed by atoms with van der Waals surface area (Å²) >= 11 is 3.54. The molecule has 0 amide bonds. The Balaban J connectivity index is 2.02. The first-order chi connectivity index (χ1) is 9.58. The van der Waals surface area contributed by atoms with E-state index in [4.69, 9.17) is 0 Å². The first-order valence-corrected chi connectivity index (χ1v) is 7.43. The normalized spacial score (nSPS) is 13.1. The largest absolute Gasteiger partial charge is 0.390 e. The third-order valence-electron chi connectivity index (χ3n) is 3.07. The molecule has 0 aliphatic rings. The van der Waals surface area contributed by atoms with Crippen molar-refractivity contribution < 1.29 is 5.11 Å². The maximum atomic E-state index is 9.83. The molecule has 2 aromatic rings. The number of halogens is 1. The lowest BCUT2D eigenvalue weighted by Crippen LogP contribution is -2.34. The Hall–Kier alpha value is -1.01. The maximum Gasteiger partial charge on any atom is 0.0791 e. The molecule has 0 saturated heterocycles. The van der Waals surface area contributed by atoms with Gasteiger partial charge in [0.15, 0.2) is 0 Å². The monoisotopic (exact) mass is 337 g/mol. The predicted octanol–water partition coefficient (Wildman–Crippen LogP) is 2.01. The van der Waals surface area contributed by atoms with Crippen LogP contribution in [0.1, 0.15) is 5.56 Å². The van der Waals surface area contributed by atoms with Crippen LogP contribution in [-0.2, 0) is 6.54 Å². The molecule has 1 heterocycles. The average molecular weight is 338 g/mol. The van der Waals surface area contributed by atoms with Crippen molar-refractivity contribution in [3.05, 3.63) is 40.5 Å². The van der Waals surface area contributed by atoms with E-state index < -0.39 is 0 Å². The van der Waals surface area contributed by atoms with Crippen LogP contribution in [0.2, 0.25) is 0 Å². The van der Waals surface area contributed by atoms with Crippen molar-refractivity contribution in [3.63, 3.8) is 0 Å². The molecule has 0 spiro atoms. The SMILES string of the molecule is CN(C)CC(O)CNCc1ccc(Br)c2cccnc12. The number of nitrogens with zero attached hydrogens (tertiary/aromatic N) is 2. The van der Waals surface area contributed by atoms with Crippen molar-refractivity contribution in [2.45, 2.75) is 12.6 Å². The summed E-state index contributed by atoms with van der Waals surface area (Å²) in [5.74, 6) is 0. The molecule has 1 unspecified atom stereocenters. The highest BCUT2D eigenvalue weighted by atomic mass is 79.9. The molecule has 2 rings (SSSR count). The van der Waals surface area contributed by atoms with Crippen molar-refractivity contribution >= 4 is 26.8 Å². The Morgan fingerprint density at radius 1 is 1.35 bits per heavy atom. The first kappa shape index (κ1) is 15.4. The van der Waals surface area contributed by atoms with E-state index in [1.165, 1.54) is 0 Å². The molecule has 2 N–H and O–H groups in total. The first-order valence-electron chi connectivity index (χ1n) is 6.63. The fraction of sp³-hybridized carbons (Fsp3) is 0.400. The summed E-state index contributed by atoms with van der Waals surface area (Å²) in [5.41, 5.74) is 2.14. The van der Waals surface area contributed by atoms with Crippen LogP contribution >= 0.6 is 15.9 Å². The van der Waals surface area contributed by atoms with Gasteiger partial charge in [0.25, 0.3) is 0 Å². The van der Waals surface area contributed by atoms with Gasteiger partial charge in [-0.15, -0.1) is 0 Å². The summed E-state index contributed by atoms with van der Waals surface area (Å²) in [4.78, 5) is 6.42. The Kier molecular flexibility index (Phi) is 5.48. The number of rotatable bonds is 6. The van der Waals surface area contributed by atoms with Crippen molar-refractivity contribution in [2.24, 2.45) is 0 Å². The van der Waals surface area contributed by atoms with Crippen LogP contribution in [0.15, 0.2) is 34.9 Å². The van der Waals surface area contributed by atoms with Gasteiger partial charge in [0.1, 0.15) is 0 Å². The molecule has 5 heteroatoms. The molecule has 1 aromatic carbocycles. The van der Waals surface area contributed by atoms with Crippen LogP contribution in [0.5, 0.6) is 0 Å². The fourth-order valence-electron chi connectivity index (χ4n) is 2.20. The van der Waals surface area contributed by atoms with E-state index in [0.29, 0.717) is 19.6 Å². The minimum absolute atomic E-state index is 0.361. The van der Waals surface area contributed by atoms with E-state index in [-0.39, 0.29) is 6.10 Å². The minimum Gasteiger partial charge on any atom is -0.390 e. The second kappa shape index (κ2) is 7.13. The van der Waals surface area contributed by atoms with Crippen molar-refractivity contribution in [1.82, 2.24) is 15.2 Å². The molecule has 0 aliphatic carbocycles. The Labute approximate surface area is 127 Å². The zero-order valence-corrected chi connectivity index (χ0v) is 13.4. The fourth-order valence-corrected chi connectivity index (χ4v) is 2.65. The van der Waals surface area contributed by atoms with Gasteiger partial charge in [0.05, 0.1) is 11.6 Å². The molecule has 1 atom stereocenters. The van der Waals surface area contributed by atoms with E-state index in [2.05, 4.69) is 38.4 Å². The van der Waals surface area contributed by atoms with Gasteiger partial charge in [-0.2, -0.15) is 0 Å². The number of aliphatic hydroxyl groups excluding tert-OH is 1. The number of aliphatic hydroxyl groups is 1. The van der Waals surface area contributed by atoms with Crippen molar-refractivity contribution in [3.8, 4) is 0 Å². The minimum atomic E-state index is -0.361. The molecular formula is C15H20BrN3O. The van der Waals surface area contributed by atoms with E-state index in [0.717, 1.165) is 20.9 Å². The summed E-state index contributed by atoms with van der Waals surface area (Å²) in [7, 11) is 3.91. The third kappa shape index (κ3) is 3.99. The van der Waals surface area contributed by atoms with Gasteiger partial charge in [-0.1, -0.05) is 28.1 Å². The van der Waals surface area contributed by atoms with E-state index >= 15 is 0 Å². The second-order valence-corrected chi connectivity index (χ2v) is 6.01. The lowest BCUT2D eigenvalue weighted by Gasteiger charge is -2.16. The summed E-state index contributed by atoms with van der Waals surface area (Å²) in [5, 5.41) is 14.2. The number of benzene rings is 1. The maximum absolute atomic E-state index is 9.83. The molecule has 0 aliphatic heterocycles. The van der Waals surface area contributed by atoms with E-state index in [1.807, 2.05) is 31.1 Å². The van der Waals surface area contributed by atoms with Gasteiger partial charge in [-0.3, -0.25) is 4.98 Å². The highest BCUT2D eigenvalue weighted by molar-refractivity contribution is 9.10. The van der Waals surface area contributed by atoms with Gasteiger partial charge < -0.3 is 15.3 Å². The molecule has 0 saturated carbocycles. The Morgan fingerprint density at radius 2 is 2.15 bits per heavy atom. The molecule has 4 nitrogen and oxygen atoms in total. The van der Waals surface area contributed by atoms with Crippen molar-refractivity contribution in [2.75, 3.05) is 27.2 Å². The number of nitrogens with one attached hydrogen (secondary N) is 1. The van der Waals surface area contributed by atoms with E-state index in [9.17, 15) is 5.11 Å². The van der Waals surface area contributed by atoms with Crippen LogP contribution in [0, 0.1) is 0 Å². The Morgan fingerprint density at radius 3 is 2.90 bits per heavy atom.